The van der Waals surface area contributed by atoms with Crippen LogP contribution in [0.5, 0.6) is 0 Å². The van der Waals surface area contributed by atoms with Crippen LogP contribution in [0.2, 0.25) is 5.02 Å². The molecule has 4 aliphatic carbocycles. The van der Waals surface area contributed by atoms with Crippen molar-refractivity contribution in [1.82, 2.24) is 5.01 Å². The number of carbonyl (C=O) groups excluding carboxylic acids is 2. The molecule has 7 rings (SSSR count). The molecule has 6 atom stereocenters. The molecule has 2 amide bonds. The number of amides is 2. The first kappa shape index (κ1) is 18.5. The Morgan fingerprint density at radius 3 is 2.42 bits per heavy atom. The third-order valence-electron chi connectivity index (χ3n) is 6.99. The number of rotatable bonds is 4. The molecule has 1 aromatic carbocycles. The van der Waals surface area contributed by atoms with Crippen molar-refractivity contribution in [2.75, 3.05) is 0 Å². The highest BCUT2D eigenvalue weighted by Crippen LogP contribution is 2.65. The van der Waals surface area contributed by atoms with Crippen LogP contribution < -0.4 is 0 Å². The van der Waals surface area contributed by atoms with E-state index in [2.05, 4.69) is 17.3 Å². The van der Waals surface area contributed by atoms with Gasteiger partial charge in [0.15, 0.2) is 0 Å². The number of hydrogen-bond acceptors (Lipinski definition) is 6. The fourth-order valence-electron chi connectivity index (χ4n) is 5.55. The molecule has 0 unspecified atom stereocenters. The molecule has 2 saturated carbocycles. The SMILES string of the molecule is O=C1[C@@H]2[C@H]3C=C[C@@H]([C@@H]4C[C@H]34)[C@H]2C(=O)N1/N=C\c1ccc(-c2cc([N+](=O)[O-])ccc2Cl)o1. The Kier molecular flexibility index (Phi) is 3.80. The van der Waals surface area contributed by atoms with Crippen molar-refractivity contribution in [1.29, 1.82) is 0 Å². The number of halogens is 1. The summed E-state index contributed by atoms with van der Waals surface area (Å²) in [5.41, 5.74) is 0.264. The standard InChI is InChI=1S/C22H16ClN3O5/c23-17-5-1-10(26(29)30)7-16(17)18-6-2-11(31-18)9-24-25-21(27)19-12-3-4-13(15-8-14(12)15)20(19)22(25)28/h1-7,9,12-15,19-20H,8H2/b24-9-/t12-,13-,14-,15+,19+,20+/m0/s1. The number of non-ortho nitro benzene ring substituents is 1. The Hall–Kier alpha value is -3.26. The number of imide groups is 1. The van der Waals surface area contributed by atoms with Crippen molar-refractivity contribution in [3.8, 4) is 11.3 Å². The van der Waals surface area contributed by atoms with Gasteiger partial charge in [-0.3, -0.25) is 19.7 Å². The number of carbonyl (C=O) groups is 2. The summed E-state index contributed by atoms with van der Waals surface area (Å²) in [6.07, 6.45) is 6.65. The number of benzene rings is 1. The molecule has 8 nitrogen and oxygen atoms in total. The van der Waals surface area contributed by atoms with E-state index in [1.54, 1.807) is 12.1 Å². The van der Waals surface area contributed by atoms with Crippen LogP contribution in [-0.4, -0.2) is 28.0 Å². The average molecular weight is 438 g/mol. The van der Waals surface area contributed by atoms with Crippen molar-refractivity contribution in [3.63, 3.8) is 0 Å². The minimum atomic E-state index is -0.513. The van der Waals surface area contributed by atoms with Gasteiger partial charge >= 0.3 is 0 Å². The fourth-order valence-corrected chi connectivity index (χ4v) is 5.76. The number of nitrogens with zero attached hydrogens (tertiary/aromatic N) is 3. The molecule has 2 bridgehead atoms. The molecule has 0 N–H and O–H groups in total. The summed E-state index contributed by atoms with van der Waals surface area (Å²) in [7, 11) is 0. The molecular formula is C22H16ClN3O5. The third kappa shape index (κ3) is 2.64. The Bertz CT molecular complexity index is 1180. The maximum atomic E-state index is 12.9. The molecular weight excluding hydrogens is 422 g/mol. The minimum Gasteiger partial charge on any atom is -0.455 e. The number of hydrazone groups is 1. The van der Waals surface area contributed by atoms with Gasteiger partial charge in [0.05, 0.1) is 28.0 Å². The van der Waals surface area contributed by atoms with E-state index < -0.39 is 4.92 Å². The van der Waals surface area contributed by atoms with E-state index in [1.807, 2.05) is 0 Å². The molecule has 1 saturated heterocycles. The summed E-state index contributed by atoms with van der Waals surface area (Å²) in [4.78, 5) is 36.4. The summed E-state index contributed by atoms with van der Waals surface area (Å²) in [5, 5.41) is 16.5. The number of nitro benzene ring substituents is 1. The van der Waals surface area contributed by atoms with Crippen molar-refractivity contribution in [3.05, 3.63) is 63.4 Å². The number of nitro groups is 1. The van der Waals surface area contributed by atoms with E-state index >= 15 is 0 Å². The molecule has 31 heavy (non-hydrogen) atoms. The quantitative estimate of drug-likeness (QED) is 0.237. The zero-order chi connectivity index (χ0) is 21.4. The van der Waals surface area contributed by atoms with E-state index in [0.29, 0.717) is 33.9 Å². The molecule has 1 aliphatic heterocycles. The van der Waals surface area contributed by atoms with E-state index in [9.17, 15) is 19.7 Å². The van der Waals surface area contributed by atoms with Crippen LogP contribution in [0.4, 0.5) is 5.69 Å². The van der Waals surface area contributed by atoms with E-state index in [1.165, 1.54) is 24.4 Å². The van der Waals surface area contributed by atoms with Gasteiger partial charge in [-0.15, -0.1) is 0 Å². The largest absolute Gasteiger partial charge is 0.455 e. The topological polar surface area (TPSA) is 106 Å². The highest BCUT2D eigenvalue weighted by molar-refractivity contribution is 6.33. The Labute approximate surface area is 181 Å². The van der Waals surface area contributed by atoms with Gasteiger partial charge in [0, 0.05) is 17.7 Å². The lowest BCUT2D eigenvalue weighted by Crippen LogP contribution is -2.40. The lowest BCUT2D eigenvalue weighted by Gasteiger charge is -2.37. The zero-order valence-corrected chi connectivity index (χ0v) is 16.8. The number of furan rings is 1. The predicted octanol–water partition coefficient (Wildman–Crippen LogP) is 3.90. The molecule has 1 aromatic heterocycles. The van der Waals surface area contributed by atoms with Gasteiger partial charge in [-0.05, 0) is 48.3 Å². The van der Waals surface area contributed by atoms with Crippen LogP contribution in [0.25, 0.3) is 11.3 Å². The number of hydrogen-bond donors (Lipinski definition) is 0. The maximum Gasteiger partial charge on any atom is 0.270 e. The molecule has 3 fully saturated rings. The monoisotopic (exact) mass is 437 g/mol. The molecule has 0 spiro atoms. The summed E-state index contributed by atoms with van der Waals surface area (Å²) in [6.45, 7) is 0. The summed E-state index contributed by atoms with van der Waals surface area (Å²) in [6, 6.07) is 7.28. The van der Waals surface area contributed by atoms with Crippen LogP contribution in [0, 0.1) is 45.6 Å². The molecule has 5 aliphatic rings. The second kappa shape index (κ2) is 6.37. The van der Waals surface area contributed by atoms with Gasteiger partial charge in [-0.2, -0.15) is 10.1 Å². The van der Waals surface area contributed by atoms with E-state index in [4.69, 9.17) is 16.0 Å². The molecule has 9 heteroatoms. The smallest absolute Gasteiger partial charge is 0.270 e. The molecule has 0 radical (unpaired) electrons. The Balaban J connectivity index is 1.25. The van der Waals surface area contributed by atoms with Crippen molar-refractivity contribution >= 4 is 35.3 Å². The first-order valence-corrected chi connectivity index (χ1v) is 10.5. The first-order chi connectivity index (χ1) is 14.9. The van der Waals surface area contributed by atoms with E-state index in [0.717, 1.165) is 11.4 Å². The Morgan fingerprint density at radius 2 is 1.77 bits per heavy atom. The van der Waals surface area contributed by atoms with Crippen LogP contribution in [0.1, 0.15) is 12.2 Å². The summed E-state index contributed by atoms with van der Waals surface area (Å²) < 4.78 is 5.69. The predicted molar refractivity (Wildman–Crippen MR) is 110 cm³/mol. The van der Waals surface area contributed by atoms with Gasteiger partial charge in [0.25, 0.3) is 17.5 Å². The second-order valence-electron chi connectivity index (χ2n) is 8.51. The normalized spacial score (nSPS) is 32.6. The van der Waals surface area contributed by atoms with Crippen LogP contribution in [0.3, 0.4) is 0 Å². The second-order valence-corrected chi connectivity index (χ2v) is 8.92. The average Bonchev–Trinajstić information content (AvgIpc) is 3.40. The van der Waals surface area contributed by atoms with Crippen LogP contribution in [-0.2, 0) is 9.59 Å². The van der Waals surface area contributed by atoms with Crippen LogP contribution in [0.15, 0.2) is 52.0 Å². The van der Waals surface area contributed by atoms with Gasteiger partial charge in [-0.25, -0.2) is 0 Å². The van der Waals surface area contributed by atoms with Gasteiger partial charge in [0.2, 0.25) is 0 Å². The summed E-state index contributed by atoms with van der Waals surface area (Å²) in [5.74, 6) is 0.869. The molecule has 156 valence electrons. The van der Waals surface area contributed by atoms with Gasteiger partial charge < -0.3 is 4.42 Å². The Morgan fingerprint density at radius 1 is 1.10 bits per heavy atom. The minimum absolute atomic E-state index is 0.108. The van der Waals surface area contributed by atoms with Gasteiger partial charge in [0.1, 0.15) is 11.5 Å². The highest BCUT2D eigenvalue weighted by Gasteiger charge is 2.67. The van der Waals surface area contributed by atoms with E-state index in [-0.39, 0.29) is 41.2 Å². The molecule has 2 aromatic rings. The zero-order valence-electron chi connectivity index (χ0n) is 16.1. The van der Waals surface area contributed by atoms with Crippen LogP contribution >= 0.6 is 11.6 Å². The van der Waals surface area contributed by atoms with Crippen molar-refractivity contribution < 1.29 is 18.9 Å². The first-order valence-electron chi connectivity index (χ1n) is 10.1. The van der Waals surface area contributed by atoms with Crippen molar-refractivity contribution in [2.45, 2.75) is 6.42 Å². The lowest BCUT2D eigenvalue weighted by molar-refractivity contribution is -0.384. The maximum absolute atomic E-state index is 12.9. The van der Waals surface area contributed by atoms with Gasteiger partial charge in [-0.1, -0.05) is 23.8 Å². The van der Waals surface area contributed by atoms with Crippen molar-refractivity contribution in [2.24, 2.45) is 40.6 Å². The highest BCUT2D eigenvalue weighted by atomic mass is 35.5. The number of allylic oxidation sites excluding steroid dienone is 2. The molecule has 2 heterocycles. The third-order valence-corrected chi connectivity index (χ3v) is 7.32. The fraction of sp³-hybridized carbons (Fsp3) is 0.318. The lowest BCUT2D eigenvalue weighted by atomic mass is 9.63. The summed E-state index contributed by atoms with van der Waals surface area (Å²) >= 11 is 6.16.